The molecule has 0 bridgehead atoms. The first-order chi connectivity index (χ1) is 6.70. The van der Waals surface area contributed by atoms with E-state index in [0.29, 0.717) is 6.10 Å². The fraction of sp³-hybridized carbons (Fsp3) is 0.833. The van der Waals surface area contributed by atoms with Crippen molar-refractivity contribution in [3.63, 3.8) is 0 Å². The Balaban J connectivity index is 2.36. The lowest BCUT2D eigenvalue weighted by Crippen LogP contribution is -2.41. The summed E-state index contributed by atoms with van der Waals surface area (Å²) in [5.74, 6) is -0.344. The highest BCUT2D eigenvalue weighted by Gasteiger charge is 2.31. The summed E-state index contributed by atoms with van der Waals surface area (Å²) in [5.41, 5.74) is 0. The topological polar surface area (TPSA) is 18.5 Å². The normalized spacial score (nSPS) is 33.8. The highest BCUT2D eigenvalue weighted by Crippen LogP contribution is 2.27. The third kappa shape index (κ3) is 3.43. The molecule has 0 amide bonds. The smallest absolute Gasteiger partial charge is 0.165 e. The molecule has 2 nitrogen and oxygen atoms in total. The molecule has 0 spiro atoms. The Morgan fingerprint density at radius 3 is 2.79 bits per heavy atom. The number of allylic oxidation sites excluding steroid dienone is 1. The number of hydrogen-bond acceptors (Lipinski definition) is 2. The van der Waals surface area contributed by atoms with Crippen molar-refractivity contribution in [2.75, 3.05) is 6.61 Å². The minimum Gasteiger partial charge on any atom is -0.350 e. The molecule has 14 heavy (non-hydrogen) atoms. The molecular weight excluding hydrogens is 176 g/mol. The third-order valence-electron chi connectivity index (χ3n) is 2.71. The van der Waals surface area contributed by atoms with E-state index in [1.165, 1.54) is 0 Å². The van der Waals surface area contributed by atoms with Gasteiger partial charge in [-0.05, 0) is 32.6 Å². The molecule has 0 radical (unpaired) electrons. The first kappa shape index (κ1) is 11.7. The van der Waals surface area contributed by atoms with Gasteiger partial charge < -0.3 is 9.47 Å². The first-order valence-electron chi connectivity index (χ1n) is 5.67. The molecule has 0 unspecified atom stereocenters. The minimum atomic E-state index is -0.344. The highest BCUT2D eigenvalue weighted by atomic mass is 16.7. The van der Waals surface area contributed by atoms with Crippen molar-refractivity contribution in [3.05, 3.63) is 12.2 Å². The van der Waals surface area contributed by atoms with Crippen molar-refractivity contribution in [1.29, 1.82) is 0 Å². The average Bonchev–Trinajstić information content (AvgIpc) is 2.19. The lowest BCUT2D eigenvalue weighted by atomic mass is 10.1. The largest absolute Gasteiger partial charge is 0.350 e. The van der Waals surface area contributed by atoms with Gasteiger partial charge in [-0.1, -0.05) is 26.0 Å². The Labute approximate surface area is 87.3 Å². The van der Waals surface area contributed by atoms with Gasteiger partial charge in [0.1, 0.15) is 0 Å². The van der Waals surface area contributed by atoms with Crippen molar-refractivity contribution in [2.45, 2.75) is 58.3 Å². The maximum absolute atomic E-state index is 5.90. The van der Waals surface area contributed by atoms with Crippen molar-refractivity contribution in [2.24, 2.45) is 0 Å². The number of hydrogen-bond donors (Lipinski definition) is 0. The Morgan fingerprint density at radius 1 is 1.36 bits per heavy atom. The molecular formula is C12H22O2. The third-order valence-corrected chi connectivity index (χ3v) is 2.71. The van der Waals surface area contributed by atoms with E-state index in [0.717, 1.165) is 32.3 Å². The molecule has 1 saturated heterocycles. The van der Waals surface area contributed by atoms with Gasteiger partial charge in [0.25, 0.3) is 0 Å². The number of rotatable bonds is 4. The van der Waals surface area contributed by atoms with E-state index in [2.05, 4.69) is 26.0 Å². The van der Waals surface area contributed by atoms with E-state index >= 15 is 0 Å². The molecule has 1 heterocycles. The van der Waals surface area contributed by atoms with Gasteiger partial charge in [0, 0.05) is 0 Å². The van der Waals surface area contributed by atoms with Crippen molar-refractivity contribution < 1.29 is 9.47 Å². The fourth-order valence-corrected chi connectivity index (χ4v) is 1.62. The maximum Gasteiger partial charge on any atom is 0.165 e. The average molecular weight is 198 g/mol. The second-order valence-electron chi connectivity index (χ2n) is 3.98. The van der Waals surface area contributed by atoms with Crippen LogP contribution < -0.4 is 0 Å². The Morgan fingerprint density at radius 2 is 2.14 bits per heavy atom. The van der Waals surface area contributed by atoms with E-state index in [1.54, 1.807) is 0 Å². The summed E-state index contributed by atoms with van der Waals surface area (Å²) in [5, 5.41) is 0. The summed E-state index contributed by atoms with van der Waals surface area (Å²) in [6.45, 7) is 7.11. The molecule has 0 aromatic rings. The molecule has 1 aliphatic heterocycles. The molecule has 1 fully saturated rings. The summed E-state index contributed by atoms with van der Waals surface area (Å²) in [6.07, 6.45) is 8.82. The Hall–Kier alpha value is -0.340. The predicted molar refractivity (Wildman–Crippen MR) is 58.2 cm³/mol. The second kappa shape index (κ2) is 5.52. The van der Waals surface area contributed by atoms with Crippen LogP contribution in [0, 0.1) is 0 Å². The van der Waals surface area contributed by atoms with E-state index < -0.39 is 0 Å². The van der Waals surface area contributed by atoms with Crippen LogP contribution >= 0.6 is 0 Å². The lowest BCUT2D eigenvalue weighted by molar-refractivity contribution is -0.283. The SMILES string of the molecule is CC/C=C/C[C@@H]1CCO[C@@](C)(CC)O1. The summed E-state index contributed by atoms with van der Waals surface area (Å²) in [7, 11) is 0. The molecule has 0 saturated carbocycles. The molecule has 2 heteroatoms. The van der Waals surface area contributed by atoms with E-state index in [-0.39, 0.29) is 5.79 Å². The standard InChI is InChI=1S/C12H22O2/c1-4-6-7-8-11-9-10-13-12(3,5-2)14-11/h6-7,11H,4-5,8-10H2,1-3H3/b7-6+/t11-,12-/m1/s1. The molecule has 82 valence electrons. The van der Waals surface area contributed by atoms with Crippen molar-refractivity contribution >= 4 is 0 Å². The monoisotopic (exact) mass is 198 g/mol. The zero-order valence-corrected chi connectivity index (χ0v) is 9.58. The van der Waals surface area contributed by atoms with Crippen LogP contribution in [-0.2, 0) is 9.47 Å². The van der Waals surface area contributed by atoms with E-state index in [9.17, 15) is 0 Å². The van der Waals surface area contributed by atoms with Crippen LogP contribution in [0.4, 0.5) is 0 Å². The van der Waals surface area contributed by atoms with Crippen molar-refractivity contribution in [1.82, 2.24) is 0 Å². The molecule has 1 rings (SSSR count). The van der Waals surface area contributed by atoms with Gasteiger partial charge in [-0.15, -0.1) is 0 Å². The fourth-order valence-electron chi connectivity index (χ4n) is 1.62. The van der Waals surface area contributed by atoms with Gasteiger partial charge in [-0.3, -0.25) is 0 Å². The minimum absolute atomic E-state index is 0.344. The first-order valence-corrected chi connectivity index (χ1v) is 5.67. The van der Waals surface area contributed by atoms with Crippen molar-refractivity contribution in [3.8, 4) is 0 Å². The predicted octanol–water partition coefficient (Wildman–Crippen LogP) is 3.27. The van der Waals surface area contributed by atoms with E-state index in [4.69, 9.17) is 9.47 Å². The van der Waals surface area contributed by atoms with Crippen LogP contribution in [-0.4, -0.2) is 18.5 Å². The van der Waals surface area contributed by atoms with Gasteiger partial charge >= 0.3 is 0 Å². The van der Waals surface area contributed by atoms with Gasteiger partial charge in [0.2, 0.25) is 0 Å². The summed E-state index contributed by atoms with van der Waals surface area (Å²) >= 11 is 0. The van der Waals surface area contributed by atoms with Gasteiger partial charge in [-0.25, -0.2) is 0 Å². The van der Waals surface area contributed by atoms with Gasteiger partial charge in [0.05, 0.1) is 12.7 Å². The van der Waals surface area contributed by atoms with Gasteiger partial charge in [0.15, 0.2) is 5.79 Å². The molecule has 0 aliphatic carbocycles. The van der Waals surface area contributed by atoms with Crippen LogP contribution in [0.15, 0.2) is 12.2 Å². The molecule has 0 aromatic carbocycles. The van der Waals surface area contributed by atoms with Crippen LogP contribution in [0.1, 0.15) is 46.5 Å². The second-order valence-corrected chi connectivity index (χ2v) is 3.98. The Kier molecular flexibility index (Phi) is 4.63. The molecule has 0 aromatic heterocycles. The summed E-state index contributed by atoms with van der Waals surface area (Å²) in [4.78, 5) is 0. The highest BCUT2D eigenvalue weighted by molar-refractivity contribution is 4.85. The van der Waals surface area contributed by atoms with Crippen LogP contribution in [0.5, 0.6) is 0 Å². The van der Waals surface area contributed by atoms with Gasteiger partial charge in [-0.2, -0.15) is 0 Å². The summed E-state index contributed by atoms with van der Waals surface area (Å²) < 4.78 is 11.5. The van der Waals surface area contributed by atoms with E-state index in [1.807, 2.05) is 6.92 Å². The quantitative estimate of drug-likeness (QED) is 0.645. The van der Waals surface area contributed by atoms with Crippen LogP contribution in [0.25, 0.3) is 0 Å². The lowest BCUT2D eigenvalue weighted by Gasteiger charge is -2.37. The zero-order valence-electron chi connectivity index (χ0n) is 9.58. The number of ether oxygens (including phenoxy) is 2. The van der Waals surface area contributed by atoms with Crippen LogP contribution in [0.3, 0.4) is 0 Å². The zero-order chi connectivity index (χ0) is 10.4. The Bertz CT molecular complexity index is 189. The molecule has 0 N–H and O–H groups in total. The maximum atomic E-state index is 5.90. The van der Waals surface area contributed by atoms with Crippen LogP contribution in [0.2, 0.25) is 0 Å². The molecule has 1 aliphatic rings. The summed E-state index contributed by atoms with van der Waals surface area (Å²) in [6, 6.07) is 0. The molecule has 2 atom stereocenters.